The third-order valence-corrected chi connectivity index (χ3v) is 5.14. The Morgan fingerprint density at radius 1 is 1.21 bits per heavy atom. The molecule has 2 heteroatoms. The van der Waals surface area contributed by atoms with Gasteiger partial charge in [0, 0.05) is 6.61 Å². The molecule has 0 spiro atoms. The summed E-state index contributed by atoms with van der Waals surface area (Å²) in [4.78, 5) is 0. The minimum absolute atomic E-state index is 0.0542. The van der Waals surface area contributed by atoms with Crippen LogP contribution in [0, 0.1) is 17.3 Å². The second kappa shape index (κ2) is 3.21. The van der Waals surface area contributed by atoms with E-state index in [4.69, 9.17) is 5.11 Å². The normalized spacial score (nSPS) is 51.4. The summed E-state index contributed by atoms with van der Waals surface area (Å²) in [7, 11) is 0. The van der Waals surface area contributed by atoms with E-state index in [0.29, 0.717) is 11.8 Å². The number of aliphatic hydroxyl groups is 2. The molecule has 0 aromatic carbocycles. The van der Waals surface area contributed by atoms with Gasteiger partial charge >= 0.3 is 0 Å². The Labute approximate surface area is 86.3 Å². The molecule has 14 heavy (non-hydrogen) atoms. The summed E-state index contributed by atoms with van der Waals surface area (Å²) in [5, 5.41) is 19.4. The molecule has 4 atom stereocenters. The maximum Gasteiger partial charge on any atom is 0.0703 e. The van der Waals surface area contributed by atoms with Crippen LogP contribution in [0.4, 0.5) is 0 Å². The van der Waals surface area contributed by atoms with Crippen molar-refractivity contribution in [3.63, 3.8) is 0 Å². The third kappa shape index (κ3) is 1.17. The number of hydrogen-bond donors (Lipinski definition) is 2. The van der Waals surface area contributed by atoms with Crippen molar-refractivity contribution < 1.29 is 10.2 Å². The molecule has 0 unspecified atom stereocenters. The number of aliphatic hydroxyl groups excluding tert-OH is 1. The van der Waals surface area contributed by atoms with Gasteiger partial charge in [-0.25, -0.2) is 0 Å². The summed E-state index contributed by atoms with van der Waals surface area (Å²) in [5.41, 5.74) is -0.441. The summed E-state index contributed by atoms with van der Waals surface area (Å²) >= 11 is 0. The van der Waals surface area contributed by atoms with Gasteiger partial charge in [0.25, 0.3) is 0 Å². The number of hydrogen-bond acceptors (Lipinski definition) is 2. The lowest BCUT2D eigenvalue weighted by Gasteiger charge is -2.46. The lowest BCUT2D eigenvalue weighted by molar-refractivity contribution is -0.106. The Hall–Kier alpha value is -0.0800. The third-order valence-electron chi connectivity index (χ3n) is 5.14. The zero-order valence-electron chi connectivity index (χ0n) is 9.29. The van der Waals surface area contributed by atoms with Gasteiger partial charge < -0.3 is 10.2 Å². The zero-order valence-corrected chi connectivity index (χ0v) is 9.29. The standard InChI is InChI=1S/C12H22O2/c1-11(6-3-7-13)9-4-5-10(8-9)12(11,2)14/h9-10,13-14H,3-8H2,1-2H3/t9-,10+,11+,12-/m1/s1. The van der Waals surface area contributed by atoms with E-state index in [-0.39, 0.29) is 12.0 Å². The van der Waals surface area contributed by atoms with Gasteiger partial charge in [-0.15, -0.1) is 0 Å². The average Bonchev–Trinajstić information content (AvgIpc) is 2.67. The van der Waals surface area contributed by atoms with Crippen LogP contribution in [-0.4, -0.2) is 22.4 Å². The van der Waals surface area contributed by atoms with E-state index >= 15 is 0 Å². The molecular formula is C12H22O2. The molecule has 0 aromatic heterocycles. The molecular weight excluding hydrogens is 176 g/mol. The molecule has 2 N–H and O–H groups in total. The van der Waals surface area contributed by atoms with E-state index < -0.39 is 5.60 Å². The molecule has 2 saturated carbocycles. The maximum absolute atomic E-state index is 10.5. The molecule has 0 aromatic rings. The van der Waals surface area contributed by atoms with Gasteiger partial charge in [0.1, 0.15) is 0 Å². The summed E-state index contributed by atoms with van der Waals surface area (Å²) in [5.74, 6) is 1.20. The Balaban J connectivity index is 2.16. The SMILES string of the molecule is C[C@]1(CCCO)[C@@H]2CC[C@@H](C2)[C@@]1(C)O. The van der Waals surface area contributed by atoms with Crippen LogP contribution < -0.4 is 0 Å². The highest BCUT2D eigenvalue weighted by Gasteiger charge is 2.61. The van der Waals surface area contributed by atoms with Crippen molar-refractivity contribution in [2.24, 2.45) is 17.3 Å². The molecule has 2 bridgehead atoms. The highest BCUT2D eigenvalue weighted by molar-refractivity contribution is 5.11. The van der Waals surface area contributed by atoms with E-state index in [2.05, 4.69) is 6.92 Å². The van der Waals surface area contributed by atoms with Crippen LogP contribution in [0.5, 0.6) is 0 Å². The van der Waals surface area contributed by atoms with Crippen LogP contribution in [0.15, 0.2) is 0 Å². The van der Waals surface area contributed by atoms with E-state index in [0.717, 1.165) is 12.8 Å². The minimum Gasteiger partial charge on any atom is -0.396 e. The fourth-order valence-electron chi connectivity index (χ4n) is 3.85. The molecule has 82 valence electrons. The van der Waals surface area contributed by atoms with Gasteiger partial charge in [0.2, 0.25) is 0 Å². The highest BCUT2D eigenvalue weighted by Crippen LogP contribution is 2.63. The van der Waals surface area contributed by atoms with Crippen molar-refractivity contribution >= 4 is 0 Å². The van der Waals surface area contributed by atoms with E-state index in [1.807, 2.05) is 6.92 Å². The lowest BCUT2D eigenvalue weighted by atomic mass is 9.63. The monoisotopic (exact) mass is 198 g/mol. The van der Waals surface area contributed by atoms with Crippen LogP contribution in [-0.2, 0) is 0 Å². The molecule has 2 rings (SSSR count). The molecule has 0 aliphatic heterocycles. The Bertz CT molecular complexity index is 224. The van der Waals surface area contributed by atoms with Gasteiger partial charge in [-0.1, -0.05) is 6.92 Å². The van der Waals surface area contributed by atoms with E-state index in [9.17, 15) is 5.11 Å². The van der Waals surface area contributed by atoms with Crippen molar-refractivity contribution in [2.75, 3.05) is 6.61 Å². The maximum atomic E-state index is 10.5. The molecule has 0 amide bonds. The molecule has 2 aliphatic carbocycles. The Morgan fingerprint density at radius 3 is 2.36 bits per heavy atom. The summed E-state index contributed by atoms with van der Waals surface area (Å²) in [6.45, 7) is 4.48. The topological polar surface area (TPSA) is 40.5 Å². The van der Waals surface area contributed by atoms with Gasteiger partial charge in [-0.05, 0) is 56.3 Å². The summed E-state index contributed by atoms with van der Waals surface area (Å²) in [6.07, 6.45) is 5.48. The Morgan fingerprint density at radius 2 is 1.86 bits per heavy atom. The van der Waals surface area contributed by atoms with E-state index in [1.54, 1.807) is 0 Å². The quantitative estimate of drug-likeness (QED) is 0.727. The van der Waals surface area contributed by atoms with Crippen LogP contribution >= 0.6 is 0 Å². The van der Waals surface area contributed by atoms with Crippen LogP contribution in [0.25, 0.3) is 0 Å². The van der Waals surface area contributed by atoms with Crippen molar-refractivity contribution in [1.82, 2.24) is 0 Å². The van der Waals surface area contributed by atoms with Gasteiger partial charge in [-0.2, -0.15) is 0 Å². The van der Waals surface area contributed by atoms with Crippen molar-refractivity contribution in [1.29, 1.82) is 0 Å². The largest absolute Gasteiger partial charge is 0.396 e. The first kappa shape index (κ1) is 10.4. The van der Waals surface area contributed by atoms with Gasteiger partial charge in [0.15, 0.2) is 0 Å². The van der Waals surface area contributed by atoms with Crippen molar-refractivity contribution in [3.8, 4) is 0 Å². The Kier molecular flexibility index (Phi) is 2.39. The highest BCUT2D eigenvalue weighted by atomic mass is 16.3. The molecule has 0 saturated heterocycles. The van der Waals surface area contributed by atoms with Crippen molar-refractivity contribution in [2.45, 2.75) is 51.6 Å². The first-order valence-electron chi connectivity index (χ1n) is 5.85. The summed E-state index contributed by atoms with van der Waals surface area (Å²) < 4.78 is 0. The second-order valence-electron chi connectivity index (χ2n) is 5.60. The predicted octanol–water partition coefficient (Wildman–Crippen LogP) is 1.95. The number of fused-ring (bicyclic) bond motifs is 2. The molecule has 2 nitrogen and oxygen atoms in total. The molecule has 2 aliphatic rings. The first-order valence-corrected chi connectivity index (χ1v) is 5.85. The van der Waals surface area contributed by atoms with Gasteiger partial charge in [-0.3, -0.25) is 0 Å². The summed E-state index contributed by atoms with van der Waals surface area (Å²) in [6, 6.07) is 0. The minimum atomic E-state index is -0.495. The fraction of sp³-hybridized carbons (Fsp3) is 1.00. The zero-order chi connectivity index (χ0) is 10.4. The molecule has 0 heterocycles. The van der Waals surface area contributed by atoms with Crippen LogP contribution in [0.1, 0.15) is 46.0 Å². The van der Waals surface area contributed by atoms with E-state index in [1.165, 1.54) is 19.3 Å². The second-order valence-corrected chi connectivity index (χ2v) is 5.60. The average molecular weight is 198 g/mol. The predicted molar refractivity (Wildman–Crippen MR) is 55.9 cm³/mol. The van der Waals surface area contributed by atoms with Gasteiger partial charge in [0.05, 0.1) is 5.60 Å². The van der Waals surface area contributed by atoms with Crippen LogP contribution in [0.2, 0.25) is 0 Å². The lowest BCUT2D eigenvalue weighted by Crippen LogP contribution is -2.48. The number of rotatable bonds is 3. The molecule has 0 radical (unpaired) electrons. The molecule has 2 fully saturated rings. The van der Waals surface area contributed by atoms with Crippen molar-refractivity contribution in [3.05, 3.63) is 0 Å². The fourth-order valence-corrected chi connectivity index (χ4v) is 3.85. The smallest absolute Gasteiger partial charge is 0.0703 e. The van der Waals surface area contributed by atoms with Crippen LogP contribution in [0.3, 0.4) is 0 Å². The first-order chi connectivity index (χ1) is 6.52.